The smallest absolute Gasteiger partial charge is 0.404 e. The van der Waals surface area contributed by atoms with Crippen molar-refractivity contribution in [2.45, 2.75) is 266 Å². The average molecular weight is 1060 g/mol. The van der Waals surface area contributed by atoms with E-state index < -0.39 is 102 Å². The van der Waals surface area contributed by atoms with Crippen LogP contribution in [0, 0.1) is 23.2 Å². The van der Waals surface area contributed by atoms with Gasteiger partial charge in [-0.2, -0.15) is 0 Å². The van der Waals surface area contributed by atoms with Crippen molar-refractivity contribution >= 4 is 48.5 Å². The van der Waals surface area contributed by atoms with Crippen LogP contribution in [0.15, 0.2) is 0 Å². The number of rotatable bonds is 32. The lowest BCUT2D eigenvalue weighted by molar-refractivity contribution is -0.150. The van der Waals surface area contributed by atoms with E-state index in [1.54, 1.807) is 27.7 Å². The predicted molar refractivity (Wildman–Crippen MR) is 293 cm³/mol. The summed E-state index contributed by atoms with van der Waals surface area (Å²) in [6, 6.07) is -5.49. The van der Waals surface area contributed by atoms with Gasteiger partial charge in [0, 0.05) is 13.5 Å². The predicted octanol–water partition coefficient (Wildman–Crippen LogP) is 6.45. The lowest BCUT2D eigenvalue weighted by Gasteiger charge is -2.56. The van der Waals surface area contributed by atoms with E-state index in [1.807, 2.05) is 34.6 Å². The molecule has 1 unspecified atom stereocenters. The molecule has 3 aliphatic carbocycles. The maximum atomic E-state index is 14.1. The number of carbonyl (C=O) groups excluding carboxylic acids is 7. The van der Waals surface area contributed by atoms with Gasteiger partial charge in [0.25, 0.3) is 0 Å². The van der Waals surface area contributed by atoms with Crippen molar-refractivity contribution in [3.63, 3.8) is 0 Å². The summed E-state index contributed by atoms with van der Waals surface area (Å²) in [5.74, 6) is -2.88. The van der Waals surface area contributed by atoms with Crippen LogP contribution < -0.4 is 31.9 Å². The number of hydrogen-bond donors (Lipinski definition) is 6. The maximum absolute atomic E-state index is 14.1. The number of ether oxygens (including phenoxy) is 2. The molecule has 75 heavy (non-hydrogen) atoms. The molecule has 18 nitrogen and oxygen atoms in total. The topological polar surface area (TPSA) is 232 Å². The Morgan fingerprint density at radius 2 is 1.25 bits per heavy atom. The Balaban J connectivity index is 1.56. The van der Waals surface area contributed by atoms with E-state index in [0.717, 1.165) is 43.4 Å². The second kappa shape index (κ2) is 29.8. The van der Waals surface area contributed by atoms with Crippen molar-refractivity contribution in [2.24, 2.45) is 23.2 Å². The molecule has 1 saturated heterocycles. The summed E-state index contributed by atoms with van der Waals surface area (Å²) >= 11 is 0. The van der Waals surface area contributed by atoms with Crippen molar-refractivity contribution < 1.29 is 52.3 Å². The molecule has 4 fully saturated rings. The molecule has 4 aliphatic rings. The number of unbranched alkanes of at least 4 members (excludes halogenated alkanes) is 10. The zero-order chi connectivity index (χ0) is 56.5. The highest BCUT2D eigenvalue weighted by Gasteiger charge is 2.64. The summed E-state index contributed by atoms with van der Waals surface area (Å²) in [6.07, 6.45) is 15.5. The van der Waals surface area contributed by atoms with Crippen LogP contribution in [0.2, 0.25) is 0 Å². The van der Waals surface area contributed by atoms with E-state index >= 15 is 0 Å². The minimum Gasteiger partial charge on any atom is -0.404 e. The summed E-state index contributed by atoms with van der Waals surface area (Å²) < 4.78 is 25.0. The van der Waals surface area contributed by atoms with Gasteiger partial charge in [-0.15, -0.1) is 0 Å². The van der Waals surface area contributed by atoms with Gasteiger partial charge in [0.05, 0.1) is 48.6 Å². The first-order valence-corrected chi connectivity index (χ1v) is 28.6. The van der Waals surface area contributed by atoms with Crippen molar-refractivity contribution in [2.75, 3.05) is 26.6 Å². The molecule has 7 amide bonds. The second-order valence-corrected chi connectivity index (χ2v) is 25.1. The van der Waals surface area contributed by atoms with Crippen molar-refractivity contribution in [3.8, 4) is 0 Å². The zero-order valence-electron chi connectivity index (χ0n) is 49.2. The molecule has 430 valence electrons. The first kappa shape index (κ1) is 65.5. The highest BCUT2D eigenvalue weighted by molar-refractivity contribution is 6.46. The van der Waals surface area contributed by atoms with Crippen molar-refractivity contribution in [1.29, 1.82) is 0 Å². The van der Waals surface area contributed by atoms with E-state index in [4.69, 9.17) is 18.8 Å². The molecule has 4 rings (SSSR count). The van der Waals surface area contributed by atoms with Gasteiger partial charge in [0.15, 0.2) is 0 Å². The minimum absolute atomic E-state index is 0.0369. The van der Waals surface area contributed by atoms with Crippen LogP contribution >= 0.6 is 0 Å². The Hall–Kier alpha value is -3.81. The third-order valence-corrected chi connectivity index (χ3v) is 15.4. The molecule has 0 radical (unpaired) electrons. The molecule has 19 heteroatoms. The van der Waals surface area contributed by atoms with Crippen LogP contribution in [-0.2, 0) is 52.3 Å². The SMILES string of the molecule is CCCCCCCCCCCCCC(=O)N[C@H](COC(C)(C)C)C(=O)N[C@H](C)C(=O)NCC(=O)N(C)[C@H](C(=O)N[C@@H](C)C(=O)N[C@@H](CC(C)C)C(=O)NCB1O[C@@H]2CC[C@@H]3C[C@@H](C3(C)C)[C@]2(C)O1)C(C)OC(C)(C)C. The lowest BCUT2D eigenvalue weighted by atomic mass is 9.51. The Morgan fingerprint density at radius 3 is 1.81 bits per heavy atom. The van der Waals surface area contributed by atoms with Crippen molar-refractivity contribution in [3.05, 3.63) is 0 Å². The van der Waals surface area contributed by atoms with Gasteiger partial charge in [-0.25, -0.2) is 0 Å². The fourth-order valence-corrected chi connectivity index (χ4v) is 11.0. The van der Waals surface area contributed by atoms with E-state index in [1.165, 1.54) is 65.8 Å². The van der Waals surface area contributed by atoms with Crippen LogP contribution in [0.4, 0.5) is 0 Å². The number of likely N-dealkylation sites (N-methyl/N-ethyl adjacent to an activating group) is 1. The zero-order valence-corrected chi connectivity index (χ0v) is 49.2. The molecule has 0 aromatic carbocycles. The fourth-order valence-electron chi connectivity index (χ4n) is 11.0. The van der Waals surface area contributed by atoms with Crippen LogP contribution in [0.25, 0.3) is 0 Å². The van der Waals surface area contributed by atoms with Gasteiger partial charge in [0.1, 0.15) is 30.2 Å². The first-order valence-electron chi connectivity index (χ1n) is 28.6. The molecule has 0 aromatic rings. The summed E-state index contributed by atoms with van der Waals surface area (Å²) in [4.78, 5) is 96.4. The summed E-state index contributed by atoms with van der Waals surface area (Å²) in [5.41, 5.74) is -1.61. The minimum atomic E-state index is -1.26. The lowest BCUT2D eigenvalue weighted by Crippen LogP contribution is -2.60. The fraction of sp³-hybridized carbons (Fsp3) is 0.875. The maximum Gasteiger partial charge on any atom is 0.478 e. The normalized spacial score (nSPS) is 22.5. The molecule has 2 bridgehead atoms. The Kier molecular flexibility index (Phi) is 26.0. The number of nitrogens with zero attached hydrogens (tertiary/aromatic N) is 1. The summed E-state index contributed by atoms with van der Waals surface area (Å²) in [6.45, 7) is 27.7. The first-order chi connectivity index (χ1) is 34.9. The molecule has 1 aliphatic heterocycles. The van der Waals surface area contributed by atoms with Gasteiger partial charge in [-0.3, -0.25) is 33.6 Å². The molecule has 1 heterocycles. The van der Waals surface area contributed by atoms with Gasteiger partial charge in [0.2, 0.25) is 41.4 Å². The third kappa shape index (κ3) is 21.2. The van der Waals surface area contributed by atoms with E-state index in [9.17, 15) is 33.6 Å². The number of carbonyl (C=O) groups is 7. The largest absolute Gasteiger partial charge is 0.478 e. The highest BCUT2D eigenvalue weighted by Crippen LogP contribution is 2.63. The number of nitrogens with one attached hydrogen (secondary N) is 6. The van der Waals surface area contributed by atoms with Gasteiger partial charge in [-0.05, 0) is 125 Å². The Bertz CT molecular complexity index is 1870. The second-order valence-electron chi connectivity index (χ2n) is 25.1. The molecule has 0 aromatic heterocycles. The standard InChI is InChI=1S/C56H102BN7O11/c1-17-18-19-20-21-22-23-24-25-26-27-28-45(65)62-42(34-72-53(7,8)9)51(70)60-37(4)48(67)58-33-46(66)64(16)47(39(6)73-54(10,11)12)52(71)61-38(5)49(68)63-41(31-36(2)3)50(69)59-35-57-74-44-30-29-40-32-43(55(40,13)14)56(44,15)75-57/h36-44,47H,17-35H2,1-16H3,(H,58,67)(H,59,69)(H,60,70)(H,61,71)(H,62,65)(H,63,68)/t37-,38+,39?,40-,41+,42-,43+,44-,47+,56+/m1/s1. The third-order valence-electron chi connectivity index (χ3n) is 15.4. The van der Waals surface area contributed by atoms with E-state index in [2.05, 4.69) is 59.6 Å². The van der Waals surface area contributed by atoms with Crippen molar-refractivity contribution in [1.82, 2.24) is 36.8 Å². The van der Waals surface area contributed by atoms with Gasteiger partial charge < -0.3 is 55.6 Å². The molecule has 0 spiro atoms. The molecule has 6 N–H and O–H groups in total. The summed E-state index contributed by atoms with van der Waals surface area (Å²) in [7, 11) is 0.778. The highest BCUT2D eigenvalue weighted by atomic mass is 16.7. The van der Waals surface area contributed by atoms with E-state index in [-0.39, 0.29) is 42.8 Å². The van der Waals surface area contributed by atoms with Crippen LogP contribution in [-0.4, -0.2) is 139 Å². The Labute approximate surface area is 451 Å². The molecule has 3 saturated carbocycles. The van der Waals surface area contributed by atoms with Gasteiger partial charge in [-0.1, -0.05) is 98.8 Å². The van der Waals surface area contributed by atoms with Gasteiger partial charge >= 0.3 is 7.12 Å². The average Bonchev–Trinajstić information content (AvgIpc) is 3.50. The van der Waals surface area contributed by atoms with Crippen LogP contribution in [0.1, 0.15) is 207 Å². The van der Waals surface area contributed by atoms with Crippen LogP contribution in [0.3, 0.4) is 0 Å². The van der Waals surface area contributed by atoms with Crippen LogP contribution in [0.5, 0.6) is 0 Å². The number of hydrogen-bond acceptors (Lipinski definition) is 11. The van der Waals surface area contributed by atoms with E-state index in [0.29, 0.717) is 24.7 Å². The molecular formula is C56H102BN7O11. The summed E-state index contributed by atoms with van der Waals surface area (Å²) in [5, 5.41) is 16.5. The number of fused-ring (bicyclic) bond motifs is 1. The molecule has 10 atom stereocenters. The quantitative estimate of drug-likeness (QED) is 0.0317. The Morgan fingerprint density at radius 1 is 0.680 bits per heavy atom. The monoisotopic (exact) mass is 1060 g/mol. The number of amides is 7. The molecular weight excluding hydrogens is 957 g/mol.